The fraction of sp³-hybridized carbons (Fsp3) is 0.429. The van der Waals surface area contributed by atoms with E-state index in [9.17, 15) is 4.79 Å². The summed E-state index contributed by atoms with van der Waals surface area (Å²) in [6, 6.07) is 6.12. The number of carbonyl (C=O) groups excluding carboxylic acids is 1. The number of nitrogens with zero attached hydrogens (tertiary/aromatic N) is 5. The first-order chi connectivity index (χ1) is 9.88. The predicted molar refractivity (Wildman–Crippen MR) is 71.5 cm³/mol. The fourth-order valence-electron chi connectivity index (χ4n) is 3.34. The Hall–Kier alpha value is -2.24. The van der Waals surface area contributed by atoms with E-state index in [-0.39, 0.29) is 12.1 Å². The van der Waals surface area contributed by atoms with Gasteiger partial charge in [-0.1, -0.05) is 6.07 Å². The molecule has 0 saturated carbocycles. The van der Waals surface area contributed by atoms with Crippen molar-refractivity contribution in [2.75, 3.05) is 0 Å². The molecule has 2 aromatic rings. The minimum absolute atomic E-state index is 0.0740. The van der Waals surface area contributed by atoms with Crippen LogP contribution in [0, 0.1) is 0 Å². The molecule has 6 nitrogen and oxygen atoms in total. The van der Waals surface area contributed by atoms with Crippen molar-refractivity contribution in [3.63, 3.8) is 0 Å². The monoisotopic (exact) mass is 269 g/mol. The molecule has 102 valence electrons. The molecule has 0 radical (unpaired) electrons. The number of fused-ring (bicyclic) bond motifs is 4. The third-order valence-electron chi connectivity index (χ3n) is 4.28. The second-order valence-electron chi connectivity index (χ2n) is 5.36. The smallest absolute Gasteiger partial charge is 0.210 e. The highest BCUT2D eigenvalue weighted by Gasteiger charge is 2.39. The molecule has 4 heterocycles. The molecule has 0 N–H and O–H groups in total. The molecule has 1 amide bonds. The summed E-state index contributed by atoms with van der Waals surface area (Å²) in [6.45, 7) is 0.767. The fourth-order valence-corrected chi connectivity index (χ4v) is 3.34. The molecule has 20 heavy (non-hydrogen) atoms. The molecule has 1 saturated heterocycles. The Balaban J connectivity index is 1.82. The third-order valence-corrected chi connectivity index (χ3v) is 4.28. The SMILES string of the molecule is O=CN1C2CCCC1c1nnc(-c3ccccn3)n1C2. The van der Waals surface area contributed by atoms with Crippen LogP contribution in [-0.2, 0) is 11.3 Å². The average molecular weight is 269 g/mol. The Labute approximate surface area is 116 Å². The van der Waals surface area contributed by atoms with Gasteiger partial charge in [-0.15, -0.1) is 10.2 Å². The molecule has 0 aromatic carbocycles. The van der Waals surface area contributed by atoms with Crippen molar-refractivity contribution in [1.82, 2.24) is 24.6 Å². The zero-order valence-electron chi connectivity index (χ0n) is 11.0. The van der Waals surface area contributed by atoms with Gasteiger partial charge in [0.1, 0.15) is 5.69 Å². The van der Waals surface area contributed by atoms with Crippen LogP contribution < -0.4 is 0 Å². The van der Waals surface area contributed by atoms with Crippen LogP contribution in [0.3, 0.4) is 0 Å². The first-order valence-corrected chi connectivity index (χ1v) is 6.95. The summed E-state index contributed by atoms with van der Waals surface area (Å²) in [5, 5.41) is 8.63. The Bertz CT molecular complexity index is 638. The van der Waals surface area contributed by atoms with Crippen LogP contribution in [0.2, 0.25) is 0 Å². The number of pyridine rings is 1. The van der Waals surface area contributed by atoms with Crippen molar-refractivity contribution in [1.29, 1.82) is 0 Å². The predicted octanol–water partition coefficient (Wildman–Crippen LogP) is 1.41. The molecule has 2 bridgehead atoms. The van der Waals surface area contributed by atoms with Gasteiger partial charge >= 0.3 is 0 Å². The molecule has 0 aliphatic carbocycles. The Morgan fingerprint density at radius 2 is 2.20 bits per heavy atom. The van der Waals surface area contributed by atoms with Crippen LogP contribution in [0.15, 0.2) is 24.4 Å². The summed E-state index contributed by atoms with van der Waals surface area (Å²) >= 11 is 0. The van der Waals surface area contributed by atoms with Gasteiger partial charge in [-0.05, 0) is 31.4 Å². The van der Waals surface area contributed by atoms with E-state index in [1.165, 1.54) is 0 Å². The quantitative estimate of drug-likeness (QED) is 0.773. The van der Waals surface area contributed by atoms with Crippen molar-refractivity contribution in [3.8, 4) is 11.5 Å². The largest absolute Gasteiger partial charge is 0.330 e. The Morgan fingerprint density at radius 3 is 3.00 bits per heavy atom. The van der Waals surface area contributed by atoms with Crippen LogP contribution in [0.25, 0.3) is 11.5 Å². The van der Waals surface area contributed by atoms with Crippen LogP contribution >= 0.6 is 0 Å². The normalized spacial score (nSPS) is 24.3. The highest BCUT2D eigenvalue weighted by Crippen LogP contribution is 2.38. The van der Waals surface area contributed by atoms with Gasteiger partial charge in [0.15, 0.2) is 11.6 Å². The van der Waals surface area contributed by atoms with E-state index in [4.69, 9.17) is 0 Å². The highest BCUT2D eigenvalue weighted by molar-refractivity contribution is 5.53. The molecule has 2 aliphatic heterocycles. The van der Waals surface area contributed by atoms with E-state index in [0.29, 0.717) is 0 Å². The van der Waals surface area contributed by atoms with Crippen molar-refractivity contribution < 1.29 is 4.79 Å². The second-order valence-corrected chi connectivity index (χ2v) is 5.36. The average Bonchev–Trinajstić information content (AvgIpc) is 2.91. The molecule has 1 fully saturated rings. The lowest BCUT2D eigenvalue weighted by molar-refractivity contribution is -0.126. The van der Waals surface area contributed by atoms with Gasteiger partial charge in [-0.2, -0.15) is 0 Å². The molecule has 2 unspecified atom stereocenters. The number of carbonyl (C=O) groups is 1. The summed E-state index contributed by atoms with van der Waals surface area (Å²) in [4.78, 5) is 17.6. The highest BCUT2D eigenvalue weighted by atomic mass is 16.1. The Morgan fingerprint density at radius 1 is 1.25 bits per heavy atom. The number of aromatic nitrogens is 4. The second kappa shape index (κ2) is 4.40. The van der Waals surface area contributed by atoms with E-state index in [0.717, 1.165) is 49.6 Å². The molecule has 2 aromatic heterocycles. The summed E-state index contributed by atoms with van der Waals surface area (Å²) in [5.41, 5.74) is 0.837. The number of piperidine rings is 1. The van der Waals surface area contributed by atoms with E-state index < -0.39 is 0 Å². The zero-order valence-corrected chi connectivity index (χ0v) is 11.0. The first-order valence-electron chi connectivity index (χ1n) is 6.95. The molecular weight excluding hydrogens is 254 g/mol. The van der Waals surface area contributed by atoms with E-state index >= 15 is 0 Å². The Kier molecular flexibility index (Phi) is 2.55. The van der Waals surface area contributed by atoms with Gasteiger partial charge < -0.3 is 9.47 Å². The van der Waals surface area contributed by atoms with Gasteiger partial charge in [0, 0.05) is 12.7 Å². The molecule has 2 atom stereocenters. The molecular formula is C14H15N5O. The van der Waals surface area contributed by atoms with Gasteiger partial charge in [0.05, 0.1) is 12.1 Å². The van der Waals surface area contributed by atoms with Crippen molar-refractivity contribution >= 4 is 6.41 Å². The molecule has 6 heteroatoms. The van der Waals surface area contributed by atoms with Crippen molar-refractivity contribution in [3.05, 3.63) is 30.2 Å². The summed E-state index contributed by atoms with van der Waals surface area (Å²) < 4.78 is 2.14. The topological polar surface area (TPSA) is 63.9 Å². The lowest BCUT2D eigenvalue weighted by Crippen LogP contribution is -2.48. The lowest BCUT2D eigenvalue weighted by Gasteiger charge is -2.43. The van der Waals surface area contributed by atoms with E-state index in [1.807, 2.05) is 23.1 Å². The third kappa shape index (κ3) is 1.57. The maximum absolute atomic E-state index is 11.3. The van der Waals surface area contributed by atoms with Gasteiger partial charge in [-0.3, -0.25) is 9.78 Å². The maximum atomic E-state index is 11.3. The summed E-state index contributed by atoms with van der Waals surface area (Å²) in [7, 11) is 0. The van der Waals surface area contributed by atoms with Gasteiger partial charge in [0.25, 0.3) is 0 Å². The van der Waals surface area contributed by atoms with Crippen molar-refractivity contribution in [2.24, 2.45) is 0 Å². The van der Waals surface area contributed by atoms with E-state index in [2.05, 4.69) is 19.7 Å². The number of hydrogen-bond acceptors (Lipinski definition) is 4. The van der Waals surface area contributed by atoms with Crippen LogP contribution in [0.5, 0.6) is 0 Å². The summed E-state index contributed by atoms with van der Waals surface area (Å²) in [5.74, 6) is 1.71. The lowest BCUT2D eigenvalue weighted by atomic mass is 9.92. The molecule has 2 aliphatic rings. The van der Waals surface area contributed by atoms with Gasteiger partial charge in [0.2, 0.25) is 6.41 Å². The number of amides is 1. The number of hydrogen-bond donors (Lipinski definition) is 0. The number of rotatable bonds is 2. The van der Waals surface area contributed by atoms with Crippen LogP contribution in [0.1, 0.15) is 31.1 Å². The van der Waals surface area contributed by atoms with Crippen LogP contribution in [-0.4, -0.2) is 37.1 Å². The van der Waals surface area contributed by atoms with Gasteiger partial charge in [-0.25, -0.2) is 0 Å². The van der Waals surface area contributed by atoms with E-state index in [1.54, 1.807) is 6.20 Å². The minimum Gasteiger partial charge on any atom is -0.330 e. The summed E-state index contributed by atoms with van der Waals surface area (Å²) in [6.07, 6.45) is 5.89. The molecule has 0 spiro atoms. The maximum Gasteiger partial charge on any atom is 0.210 e. The molecule has 4 rings (SSSR count). The van der Waals surface area contributed by atoms with Crippen LogP contribution in [0.4, 0.5) is 0 Å². The minimum atomic E-state index is 0.0740. The standard InChI is InChI=1S/C14H15N5O/c20-9-19-10-4-3-6-12(19)14-17-16-13(18(14)8-10)11-5-1-2-7-15-11/h1-2,5,7,9-10,12H,3-4,6,8H2. The zero-order chi connectivity index (χ0) is 13.5. The van der Waals surface area contributed by atoms with Crippen molar-refractivity contribution in [2.45, 2.75) is 37.9 Å². The first kappa shape index (κ1) is 11.6.